The molecular formula is C49H21F6N7. The lowest BCUT2D eigenvalue weighted by Gasteiger charge is -2.21. The van der Waals surface area contributed by atoms with E-state index in [1.54, 1.807) is 97.1 Å². The summed E-state index contributed by atoms with van der Waals surface area (Å²) in [5.41, 5.74) is 1.91. The molecule has 0 saturated carbocycles. The van der Waals surface area contributed by atoms with Crippen LogP contribution in [-0.2, 0) is 12.4 Å². The molecule has 0 unspecified atom stereocenters. The summed E-state index contributed by atoms with van der Waals surface area (Å²) in [6.07, 6.45) is -10.2. The molecule has 0 aliphatic carbocycles. The first-order chi connectivity index (χ1) is 29.7. The van der Waals surface area contributed by atoms with Crippen LogP contribution in [0.2, 0.25) is 0 Å². The van der Waals surface area contributed by atoms with Crippen molar-refractivity contribution in [1.82, 2.24) is 9.13 Å². The molecule has 0 atom stereocenters. The lowest BCUT2D eigenvalue weighted by molar-refractivity contribution is -0.143. The van der Waals surface area contributed by atoms with E-state index < -0.39 is 23.5 Å². The van der Waals surface area contributed by atoms with Gasteiger partial charge in [0.15, 0.2) is 0 Å². The Bertz CT molecular complexity index is 3450. The smallest absolute Gasteiger partial charge is 0.309 e. The van der Waals surface area contributed by atoms with Gasteiger partial charge in [-0.1, -0.05) is 6.07 Å². The Kier molecular flexibility index (Phi) is 8.84. The van der Waals surface area contributed by atoms with Crippen molar-refractivity contribution in [3.8, 4) is 64.0 Å². The molecule has 0 aliphatic rings. The SMILES string of the molecule is N#Cc1ccc(-n2c3ccc(C#N)cc3c3cc(C#N)ccc32)c(-c2cc(-c3cc(C(F)(F)F)cc(C(F)(F)F)c3)ccc2-n2c3ccc(C#N)cc3c3cc(C#N)ccc32)c1. The van der Waals surface area contributed by atoms with Crippen LogP contribution in [0.3, 0.4) is 0 Å². The zero-order chi connectivity index (χ0) is 43.7. The van der Waals surface area contributed by atoms with Crippen molar-refractivity contribution in [3.05, 3.63) is 166 Å². The van der Waals surface area contributed by atoms with Gasteiger partial charge in [-0.05, 0) is 132 Å². The lowest BCUT2D eigenvalue weighted by Crippen LogP contribution is -2.11. The fourth-order valence-electron chi connectivity index (χ4n) is 8.11. The summed E-state index contributed by atoms with van der Waals surface area (Å²) >= 11 is 0. The van der Waals surface area contributed by atoms with E-state index in [4.69, 9.17) is 0 Å². The number of rotatable bonds is 4. The van der Waals surface area contributed by atoms with Crippen molar-refractivity contribution in [2.45, 2.75) is 12.4 Å². The average Bonchev–Trinajstić information content (AvgIpc) is 3.78. The Labute approximate surface area is 347 Å². The molecule has 294 valence electrons. The van der Waals surface area contributed by atoms with E-state index in [0.29, 0.717) is 94.9 Å². The van der Waals surface area contributed by atoms with E-state index in [1.165, 1.54) is 12.1 Å². The van der Waals surface area contributed by atoms with Gasteiger partial charge in [-0.25, -0.2) is 0 Å². The van der Waals surface area contributed by atoms with Crippen LogP contribution >= 0.6 is 0 Å². The van der Waals surface area contributed by atoms with E-state index >= 15 is 0 Å². The predicted molar refractivity (Wildman–Crippen MR) is 220 cm³/mol. The molecule has 0 bridgehead atoms. The Morgan fingerprint density at radius 2 is 0.661 bits per heavy atom. The topological polar surface area (TPSA) is 129 Å². The highest BCUT2D eigenvalue weighted by atomic mass is 19.4. The van der Waals surface area contributed by atoms with Gasteiger partial charge >= 0.3 is 12.4 Å². The van der Waals surface area contributed by atoms with Crippen LogP contribution in [0.15, 0.2) is 127 Å². The summed E-state index contributed by atoms with van der Waals surface area (Å²) in [5, 5.41) is 52.0. The van der Waals surface area contributed by atoms with Crippen molar-refractivity contribution in [3.63, 3.8) is 0 Å². The van der Waals surface area contributed by atoms with Crippen LogP contribution in [-0.4, -0.2) is 9.13 Å². The maximum atomic E-state index is 14.2. The summed E-state index contributed by atoms with van der Waals surface area (Å²) in [5.74, 6) is 0. The molecule has 0 fully saturated rings. The van der Waals surface area contributed by atoms with Crippen LogP contribution in [0.25, 0.3) is 77.2 Å². The minimum absolute atomic E-state index is 0.00694. The van der Waals surface area contributed by atoms with Gasteiger partial charge in [-0.2, -0.15) is 52.7 Å². The number of benzene rings is 7. The third-order valence-corrected chi connectivity index (χ3v) is 10.9. The van der Waals surface area contributed by atoms with Gasteiger partial charge in [-0.15, -0.1) is 0 Å². The van der Waals surface area contributed by atoms with Crippen molar-refractivity contribution < 1.29 is 26.3 Å². The molecule has 0 saturated heterocycles. The van der Waals surface area contributed by atoms with Crippen molar-refractivity contribution in [2.24, 2.45) is 0 Å². The first-order valence-electron chi connectivity index (χ1n) is 18.5. The molecule has 0 amide bonds. The quantitative estimate of drug-likeness (QED) is 0.163. The van der Waals surface area contributed by atoms with Gasteiger partial charge < -0.3 is 9.13 Å². The Morgan fingerprint density at radius 1 is 0.339 bits per heavy atom. The summed E-state index contributed by atoms with van der Waals surface area (Å²) < 4.78 is 89.0. The zero-order valence-corrected chi connectivity index (χ0v) is 31.5. The maximum Gasteiger partial charge on any atom is 0.416 e. The van der Waals surface area contributed by atoms with Crippen LogP contribution < -0.4 is 0 Å². The minimum atomic E-state index is -5.12. The Morgan fingerprint density at radius 3 is 1.02 bits per heavy atom. The molecule has 0 radical (unpaired) electrons. The Balaban J connectivity index is 1.44. The highest BCUT2D eigenvalue weighted by Crippen LogP contribution is 2.45. The van der Waals surface area contributed by atoms with Crippen molar-refractivity contribution in [2.75, 3.05) is 0 Å². The first kappa shape index (κ1) is 38.7. The summed E-state index contributed by atoms with van der Waals surface area (Å²) in [4.78, 5) is 0. The van der Waals surface area contributed by atoms with E-state index in [-0.39, 0.29) is 28.3 Å². The Hall–Kier alpha value is -8.83. The molecule has 9 rings (SSSR count). The molecule has 0 N–H and O–H groups in total. The highest BCUT2D eigenvalue weighted by molar-refractivity contribution is 6.12. The van der Waals surface area contributed by atoms with Gasteiger partial charge in [0.1, 0.15) is 0 Å². The molecule has 7 nitrogen and oxygen atoms in total. The monoisotopic (exact) mass is 821 g/mol. The van der Waals surface area contributed by atoms with Gasteiger partial charge in [0.2, 0.25) is 0 Å². The summed E-state index contributed by atoms with van der Waals surface area (Å²) in [7, 11) is 0. The maximum absolute atomic E-state index is 14.2. The van der Waals surface area contributed by atoms with E-state index in [2.05, 4.69) is 30.3 Å². The largest absolute Gasteiger partial charge is 0.416 e. The molecule has 62 heavy (non-hydrogen) atoms. The number of hydrogen-bond acceptors (Lipinski definition) is 5. The fraction of sp³-hybridized carbons (Fsp3) is 0.0408. The van der Waals surface area contributed by atoms with Crippen LogP contribution in [0.1, 0.15) is 38.9 Å². The molecular weight excluding hydrogens is 801 g/mol. The van der Waals surface area contributed by atoms with E-state index in [1.807, 2.05) is 9.13 Å². The van der Waals surface area contributed by atoms with Crippen LogP contribution in [0, 0.1) is 56.7 Å². The number of aromatic nitrogens is 2. The second-order valence-corrected chi connectivity index (χ2v) is 14.4. The van der Waals surface area contributed by atoms with Crippen molar-refractivity contribution in [1.29, 1.82) is 26.3 Å². The standard InChI is InChI=1S/C49H21F6N7/c50-48(51,52)34-18-33(19-35(21-34)49(53,54)55)32-6-12-47(62-44-9-3-29(24-58)15-38(44)39-16-30(25-59)4-10-45(39)62)41(20-32)40-17-31(26-60)5-11-46(40)61-42-7-1-27(22-56)13-36(42)37-14-28(23-57)2-8-43(37)61/h1-21H. The third-order valence-electron chi connectivity index (χ3n) is 10.9. The zero-order valence-electron chi connectivity index (χ0n) is 31.5. The minimum Gasteiger partial charge on any atom is -0.309 e. The normalized spacial score (nSPS) is 11.6. The first-order valence-corrected chi connectivity index (χ1v) is 18.5. The van der Waals surface area contributed by atoms with Crippen molar-refractivity contribution >= 4 is 43.6 Å². The van der Waals surface area contributed by atoms with E-state index in [9.17, 15) is 52.7 Å². The molecule has 7 aromatic carbocycles. The van der Waals surface area contributed by atoms with Crippen LogP contribution in [0.5, 0.6) is 0 Å². The predicted octanol–water partition coefficient (Wildman–Crippen LogP) is 12.6. The van der Waals surface area contributed by atoms with Crippen LogP contribution in [0.4, 0.5) is 26.3 Å². The lowest BCUT2D eigenvalue weighted by atomic mass is 9.93. The molecule has 0 aliphatic heterocycles. The average molecular weight is 822 g/mol. The number of nitrogens with zero attached hydrogens (tertiary/aromatic N) is 7. The molecule has 2 aromatic heterocycles. The number of halogens is 6. The molecule has 0 spiro atoms. The summed E-state index contributed by atoms with van der Waals surface area (Å²) in [6.45, 7) is 0. The molecule has 13 heteroatoms. The number of alkyl halides is 6. The van der Waals surface area contributed by atoms with Gasteiger partial charge in [0, 0.05) is 32.7 Å². The summed E-state index contributed by atoms with van der Waals surface area (Å²) in [6, 6.07) is 41.3. The number of fused-ring (bicyclic) bond motifs is 6. The number of hydrogen-bond donors (Lipinski definition) is 0. The van der Waals surface area contributed by atoms with Gasteiger partial charge in [-0.3, -0.25) is 0 Å². The van der Waals surface area contributed by atoms with E-state index in [0.717, 1.165) is 0 Å². The van der Waals surface area contributed by atoms with Gasteiger partial charge in [0.25, 0.3) is 0 Å². The molecule has 9 aromatic rings. The highest BCUT2D eigenvalue weighted by Gasteiger charge is 2.37. The molecule has 2 heterocycles. The third kappa shape index (κ3) is 6.28. The second-order valence-electron chi connectivity index (χ2n) is 14.4. The second kappa shape index (κ2) is 14.2. The number of nitriles is 5. The van der Waals surface area contributed by atoms with Gasteiger partial charge in [0.05, 0.1) is 103 Å². The fourth-order valence-corrected chi connectivity index (χ4v) is 8.11.